The van der Waals surface area contributed by atoms with Crippen molar-refractivity contribution in [3.8, 4) is 5.75 Å². The first-order valence-corrected chi connectivity index (χ1v) is 6.05. The molecule has 0 saturated heterocycles. The quantitative estimate of drug-likeness (QED) is 0.460. The molecule has 0 aliphatic carbocycles. The molecule has 1 rings (SSSR count). The predicted molar refractivity (Wildman–Crippen MR) is 68.6 cm³/mol. The van der Waals surface area contributed by atoms with Gasteiger partial charge in [-0.3, -0.25) is 10.1 Å². The van der Waals surface area contributed by atoms with Crippen molar-refractivity contribution in [3.63, 3.8) is 0 Å². The van der Waals surface area contributed by atoms with Crippen LogP contribution in [0.3, 0.4) is 0 Å². The second-order valence-electron chi connectivity index (χ2n) is 4.60. The van der Waals surface area contributed by atoms with Crippen molar-refractivity contribution in [1.29, 1.82) is 0 Å². The van der Waals surface area contributed by atoms with E-state index in [2.05, 4.69) is 13.8 Å². The third kappa shape index (κ3) is 4.33. The van der Waals surface area contributed by atoms with Crippen LogP contribution in [0, 0.1) is 16.0 Å². The summed E-state index contributed by atoms with van der Waals surface area (Å²) in [5.74, 6) is 0.862. The lowest BCUT2D eigenvalue weighted by Crippen LogP contribution is -2.02. The number of nitro groups is 1. The maximum Gasteiger partial charge on any atom is 0.311 e. The molecule has 5 nitrogen and oxygen atoms in total. The first kappa shape index (κ1) is 14.4. The van der Waals surface area contributed by atoms with Crippen LogP contribution < -0.4 is 4.74 Å². The third-order valence-corrected chi connectivity index (χ3v) is 2.59. The van der Waals surface area contributed by atoms with E-state index in [4.69, 9.17) is 9.84 Å². The number of benzene rings is 1. The summed E-state index contributed by atoms with van der Waals surface area (Å²) in [5, 5.41) is 19.8. The topological polar surface area (TPSA) is 72.6 Å². The van der Waals surface area contributed by atoms with Gasteiger partial charge in [-0.15, -0.1) is 0 Å². The molecule has 0 amide bonds. The van der Waals surface area contributed by atoms with E-state index in [-0.39, 0.29) is 18.0 Å². The van der Waals surface area contributed by atoms with E-state index in [1.165, 1.54) is 6.07 Å². The molecule has 0 bridgehead atoms. The maximum atomic E-state index is 10.9. The van der Waals surface area contributed by atoms with Gasteiger partial charge in [0.15, 0.2) is 5.75 Å². The van der Waals surface area contributed by atoms with Crippen LogP contribution in [0.5, 0.6) is 5.75 Å². The lowest BCUT2D eigenvalue weighted by atomic mass is 10.1. The lowest BCUT2D eigenvalue weighted by Gasteiger charge is -2.08. The molecule has 0 aliphatic heterocycles. The van der Waals surface area contributed by atoms with E-state index in [0.717, 1.165) is 12.8 Å². The van der Waals surface area contributed by atoms with Gasteiger partial charge in [-0.25, -0.2) is 0 Å². The summed E-state index contributed by atoms with van der Waals surface area (Å²) in [6.07, 6.45) is 1.90. The average molecular weight is 253 g/mol. The second-order valence-corrected chi connectivity index (χ2v) is 4.60. The molecule has 0 heterocycles. The summed E-state index contributed by atoms with van der Waals surface area (Å²) < 4.78 is 5.43. The van der Waals surface area contributed by atoms with Gasteiger partial charge in [0.25, 0.3) is 0 Å². The number of ether oxygens (including phenoxy) is 1. The zero-order valence-electron chi connectivity index (χ0n) is 10.8. The number of aliphatic hydroxyl groups is 1. The summed E-state index contributed by atoms with van der Waals surface area (Å²) in [4.78, 5) is 10.4. The van der Waals surface area contributed by atoms with Gasteiger partial charge in [-0.05, 0) is 30.4 Å². The van der Waals surface area contributed by atoms with Crippen LogP contribution in [0.4, 0.5) is 5.69 Å². The summed E-state index contributed by atoms with van der Waals surface area (Å²) in [6, 6.07) is 4.52. The molecule has 0 atom stereocenters. The van der Waals surface area contributed by atoms with Crippen LogP contribution in [0.2, 0.25) is 0 Å². The zero-order chi connectivity index (χ0) is 13.5. The van der Waals surface area contributed by atoms with Gasteiger partial charge in [-0.1, -0.05) is 19.9 Å². The fourth-order valence-electron chi connectivity index (χ4n) is 1.60. The molecule has 0 saturated carbocycles. The number of aliphatic hydroxyl groups excluding tert-OH is 1. The third-order valence-electron chi connectivity index (χ3n) is 2.59. The average Bonchev–Trinajstić information content (AvgIpc) is 2.34. The van der Waals surface area contributed by atoms with Gasteiger partial charge in [0, 0.05) is 6.07 Å². The highest BCUT2D eigenvalue weighted by molar-refractivity contribution is 5.48. The summed E-state index contributed by atoms with van der Waals surface area (Å²) >= 11 is 0. The number of nitro benzene ring substituents is 1. The first-order valence-electron chi connectivity index (χ1n) is 6.05. The Kier molecular flexibility index (Phi) is 5.58. The Balaban J connectivity index is 2.67. The molecule has 0 aliphatic rings. The SMILES string of the molecule is CC(C)CCCOc1ccc(CO)cc1[N+](=O)[O-]. The van der Waals surface area contributed by atoms with Crippen LogP contribution in [0.1, 0.15) is 32.3 Å². The lowest BCUT2D eigenvalue weighted by molar-refractivity contribution is -0.386. The highest BCUT2D eigenvalue weighted by atomic mass is 16.6. The molecular weight excluding hydrogens is 234 g/mol. The standard InChI is InChI=1S/C13H19NO4/c1-10(2)4-3-7-18-13-6-5-11(9-15)8-12(13)14(16)17/h5-6,8,10,15H,3-4,7,9H2,1-2H3. The molecule has 18 heavy (non-hydrogen) atoms. The van der Waals surface area contributed by atoms with Crippen LogP contribution in [-0.4, -0.2) is 16.6 Å². The van der Waals surface area contributed by atoms with E-state index in [9.17, 15) is 10.1 Å². The number of hydrogen-bond acceptors (Lipinski definition) is 4. The summed E-state index contributed by atoms with van der Waals surface area (Å²) in [6.45, 7) is 4.50. The molecule has 0 unspecified atom stereocenters. The molecule has 100 valence electrons. The number of rotatable bonds is 7. The Bertz CT molecular complexity index is 404. The Morgan fingerprint density at radius 2 is 2.17 bits per heavy atom. The van der Waals surface area contributed by atoms with Gasteiger partial charge >= 0.3 is 5.69 Å². The smallest absolute Gasteiger partial charge is 0.311 e. The predicted octanol–water partition coefficient (Wildman–Crippen LogP) is 2.90. The zero-order valence-corrected chi connectivity index (χ0v) is 10.8. The minimum atomic E-state index is -0.489. The Hall–Kier alpha value is -1.62. The van der Waals surface area contributed by atoms with Crippen LogP contribution in [0.25, 0.3) is 0 Å². The van der Waals surface area contributed by atoms with Crippen molar-refractivity contribution in [3.05, 3.63) is 33.9 Å². The van der Waals surface area contributed by atoms with Crippen molar-refractivity contribution < 1.29 is 14.8 Å². The van der Waals surface area contributed by atoms with Crippen molar-refractivity contribution in [1.82, 2.24) is 0 Å². The molecule has 0 aromatic heterocycles. The minimum absolute atomic E-state index is 0.0916. The van der Waals surface area contributed by atoms with Gasteiger partial charge < -0.3 is 9.84 Å². The van der Waals surface area contributed by atoms with Crippen molar-refractivity contribution in [2.45, 2.75) is 33.3 Å². The molecule has 0 spiro atoms. The van der Waals surface area contributed by atoms with Gasteiger partial charge in [0.1, 0.15) is 0 Å². The highest BCUT2D eigenvalue weighted by Crippen LogP contribution is 2.28. The summed E-state index contributed by atoms with van der Waals surface area (Å²) in [5.41, 5.74) is 0.419. The first-order chi connectivity index (χ1) is 8.54. The molecular formula is C13H19NO4. The van der Waals surface area contributed by atoms with Crippen LogP contribution >= 0.6 is 0 Å². The fourth-order valence-corrected chi connectivity index (χ4v) is 1.60. The molecule has 1 N–H and O–H groups in total. The van der Waals surface area contributed by atoms with Crippen molar-refractivity contribution in [2.24, 2.45) is 5.92 Å². The van der Waals surface area contributed by atoms with Gasteiger partial charge in [0.2, 0.25) is 0 Å². The Morgan fingerprint density at radius 3 is 2.72 bits per heavy atom. The highest BCUT2D eigenvalue weighted by Gasteiger charge is 2.15. The molecule has 5 heteroatoms. The molecule has 1 aromatic carbocycles. The molecule has 1 aromatic rings. The summed E-state index contributed by atoms with van der Waals surface area (Å²) in [7, 11) is 0. The van der Waals surface area contributed by atoms with E-state index in [0.29, 0.717) is 18.1 Å². The monoisotopic (exact) mass is 253 g/mol. The fraction of sp³-hybridized carbons (Fsp3) is 0.538. The van der Waals surface area contributed by atoms with E-state index >= 15 is 0 Å². The van der Waals surface area contributed by atoms with E-state index < -0.39 is 4.92 Å². The molecule has 0 fully saturated rings. The van der Waals surface area contributed by atoms with Crippen LogP contribution in [-0.2, 0) is 6.61 Å². The Labute approximate surface area is 107 Å². The normalized spacial score (nSPS) is 10.7. The van der Waals surface area contributed by atoms with Crippen molar-refractivity contribution in [2.75, 3.05) is 6.61 Å². The largest absolute Gasteiger partial charge is 0.487 e. The van der Waals surface area contributed by atoms with Gasteiger partial charge in [0.05, 0.1) is 18.1 Å². The van der Waals surface area contributed by atoms with Gasteiger partial charge in [-0.2, -0.15) is 0 Å². The molecule has 0 radical (unpaired) electrons. The minimum Gasteiger partial charge on any atom is -0.487 e. The number of hydrogen-bond donors (Lipinski definition) is 1. The Morgan fingerprint density at radius 1 is 1.44 bits per heavy atom. The second kappa shape index (κ2) is 6.96. The van der Waals surface area contributed by atoms with Crippen molar-refractivity contribution >= 4 is 5.69 Å². The van der Waals surface area contributed by atoms with Crippen LogP contribution in [0.15, 0.2) is 18.2 Å². The van der Waals surface area contributed by atoms with E-state index in [1.807, 2.05) is 0 Å². The number of nitrogens with zero attached hydrogens (tertiary/aromatic N) is 1. The maximum absolute atomic E-state index is 10.9. The van der Waals surface area contributed by atoms with E-state index in [1.54, 1.807) is 12.1 Å².